The van der Waals surface area contributed by atoms with Crippen LogP contribution in [0.1, 0.15) is 23.4 Å². The van der Waals surface area contributed by atoms with Gasteiger partial charge in [-0.2, -0.15) is 0 Å². The number of rotatable bonds is 5. The minimum Gasteiger partial charge on any atom is -0.483 e. The number of benzene rings is 2. The van der Waals surface area contributed by atoms with E-state index in [1.165, 1.54) is 17.7 Å². The number of nitrogens with zero attached hydrogens (tertiary/aromatic N) is 1. The van der Waals surface area contributed by atoms with Crippen LogP contribution in [0.4, 0.5) is 5.13 Å². The predicted octanol–water partition coefficient (Wildman–Crippen LogP) is 5.47. The van der Waals surface area contributed by atoms with Crippen LogP contribution in [0, 0.1) is 0 Å². The van der Waals surface area contributed by atoms with Gasteiger partial charge in [0, 0.05) is 4.88 Å². The number of hydrogen-bond acceptors (Lipinski definition) is 4. The first-order valence-electron chi connectivity index (χ1n) is 8.95. The van der Waals surface area contributed by atoms with Gasteiger partial charge in [-0.15, -0.1) is 11.3 Å². The number of ether oxygens (including phenoxy) is 1. The van der Waals surface area contributed by atoms with E-state index in [1.54, 1.807) is 11.3 Å². The molecular formula is C21H19BrN2O2S. The van der Waals surface area contributed by atoms with Crippen LogP contribution >= 0.6 is 27.3 Å². The Kier molecular flexibility index (Phi) is 5.55. The number of carbonyl (C=O) groups excluding carboxylic acids is 1. The van der Waals surface area contributed by atoms with Crippen LogP contribution in [-0.4, -0.2) is 17.5 Å². The average molecular weight is 443 g/mol. The van der Waals surface area contributed by atoms with Gasteiger partial charge in [0.2, 0.25) is 0 Å². The molecule has 2 aromatic carbocycles. The molecule has 0 bridgehead atoms. The van der Waals surface area contributed by atoms with Gasteiger partial charge in [0.1, 0.15) is 5.75 Å². The monoisotopic (exact) mass is 442 g/mol. The molecule has 138 valence electrons. The van der Waals surface area contributed by atoms with Crippen LogP contribution in [0.15, 0.2) is 53.0 Å². The molecule has 0 fully saturated rings. The van der Waals surface area contributed by atoms with Crippen molar-refractivity contribution in [2.24, 2.45) is 0 Å². The third kappa shape index (κ3) is 4.39. The Labute approximate surface area is 170 Å². The second kappa shape index (κ2) is 8.23. The molecule has 0 spiro atoms. The number of halogens is 1. The molecule has 0 unspecified atom stereocenters. The molecule has 4 rings (SSSR count). The van der Waals surface area contributed by atoms with Gasteiger partial charge in [0.05, 0.1) is 10.2 Å². The molecule has 1 aromatic heterocycles. The van der Waals surface area contributed by atoms with E-state index in [-0.39, 0.29) is 12.5 Å². The Balaban J connectivity index is 1.37. The number of anilines is 1. The number of aromatic nitrogens is 1. The van der Waals surface area contributed by atoms with Gasteiger partial charge in [-0.25, -0.2) is 4.98 Å². The molecule has 1 amide bonds. The summed E-state index contributed by atoms with van der Waals surface area (Å²) in [7, 11) is 0. The lowest BCUT2D eigenvalue weighted by molar-refractivity contribution is -0.118. The lowest BCUT2D eigenvalue weighted by Crippen LogP contribution is -2.20. The van der Waals surface area contributed by atoms with Crippen LogP contribution in [0.3, 0.4) is 0 Å². The van der Waals surface area contributed by atoms with Crippen molar-refractivity contribution >= 4 is 38.3 Å². The standard InChI is InChI=1S/C21H19BrN2O2S/c22-16-12-15(14-6-2-1-3-7-14)10-11-18(16)26-13-20(25)24-21-23-17-8-4-5-9-19(17)27-21/h1-3,6-7,10-12H,4-5,8-9,13H2,(H,23,24,25). The minimum atomic E-state index is -0.194. The quantitative estimate of drug-likeness (QED) is 0.569. The summed E-state index contributed by atoms with van der Waals surface area (Å²) in [6.45, 7) is -0.0481. The van der Waals surface area contributed by atoms with Gasteiger partial charge in [-0.1, -0.05) is 36.4 Å². The van der Waals surface area contributed by atoms with Crippen molar-refractivity contribution in [1.82, 2.24) is 4.98 Å². The van der Waals surface area contributed by atoms with E-state index in [4.69, 9.17) is 4.74 Å². The Morgan fingerprint density at radius 2 is 1.93 bits per heavy atom. The molecule has 6 heteroatoms. The zero-order chi connectivity index (χ0) is 18.6. The third-order valence-electron chi connectivity index (χ3n) is 4.49. The average Bonchev–Trinajstić information content (AvgIpc) is 3.10. The highest BCUT2D eigenvalue weighted by atomic mass is 79.9. The molecule has 4 nitrogen and oxygen atoms in total. The summed E-state index contributed by atoms with van der Waals surface area (Å²) < 4.78 is 6.50. The van der Waals surface area contributed by atoms with E-state index in [0.29, 0.717) is 10.9 Å². The van der Waals surface area contributed by atoms with Crippen molar-refractivity contribution in [3.8, 4) is 16.9 Å². The molecule has 1 N–H and O–H groups in total. The number of thiazole rings is 1. The van der Waals surface area contributed by atoms with Gasteiger partial charge >= 0.3 is 0 Å². The maximum absolute atomic E-state index is 12.2. The van der Waals surface area contributed by atoms with Gasteiger partial charge in [0.25, 0.3) is 5.91 Å². The first-order chi connectivity index (χ1) is 13.2. The number of amides is 1. The van der Waals surface area contributed by atoms with Crippen molar-refractivity contribution in [2.45, 2.75) is 25.7 Å². The van der Waals surface area contributed by atoms with Gasteiger partial charge in [-0.05, 0) is 64.9 Å². The predicted molar refractivity (Wildman–Crippen MR) is 112 cm³/mol. The summed E-state index contributed by atoms with van der Waals surface area (Å²) in [6.07, 6.45) is 4.47. The smallest absolute Gasteiger partial charge is 0.264 e. The van der Waals surface area contributed by atoms with Gasteiger partial charge in [0.15, 0.2) is 11.7 Å². The van der Waals surface area contributed by atoms with Gasteiger partial charge in [-0.3, -0.25) is 10.1 Å². The Bertz CT molecular complexity index is 933. The fraction of sp³-hybridized carbons (Fsp3) is 0.238. The van der Waals surface area contributed by atoms with Crippen LogP contribution in [0.25, 0.3) is 11.1 Å². The second-order valence-corrected chi connectivity index (χ2v) is 8.38. The second-order valence-electron chi connectivity index (χ2n) is 6.44. The molecule has 1 aliphatic carbocycles. The van der Waals surface area contributed by atoms with Crippen molar-refractivity contribution in [3.05, 3.63) is 63.6 Å². The molecule has 0 atom stereocenters. The maximum Gasteiger partial charge on any atom is 0.264 e. The molecular weight excluding hydrogens is 424 g/mol. The number of fused-ring (bicyclic) bond motifs is 1. The molecule has 1 aliphatic rings. The molecule has 27 heavy (non-hydrogen) atoms. The van der Waals surface area contributed by atoms with Crippen LogP contribution in [0.2, 0.25) is 0 Å². The SMILES string of the molecule is O=C(COc1ccc(-c2ccccc2)cc1Br)Nc1nc2c(s1)CCCC2. The largest absolute Gasteiger partial charge is 0.483 e. The molecule has 1 heterocycles. The fourth-order valence-corrected chi connectivity index (χ4v) is 4.69. The highest BCUT2D eigenvalue weighted by Gasteiger charge is 2.16. The van der Waals surface area contributed by atoms with Crippen LogP contribution in [-0.2, 0) is 17.6 Å². The van der Waals surface area contributed by atoms with Crippen LogP contribution in [0.5, 0.6) is 5.75 Å². The number of hydrogen-bond donors (Lipinski definition) is 1. The molecule has 0 saturated carbocycles. The Morgan fingerprint density at radius 1 is 1.11 bits per heavy atom. The summed E-state index contributed by atoms with van der Waals surface area (Å²) in [5.41, 5.74) is 3.37. The molecule has 0 aliphatic heterocycles. The molecule has 0 saturated heterocycles. The lowest BCUT2D eigenvalue weighted by atomic mass is 10.0. The highest BCUT2D eigenvalue weighted by molar-refractivity contribution is 9.10. The van der Waals surface area contributed by atoms with E-state index in [2.05, 4.69) is 38.4 Å². The fourth-order valence-electron chi connectivity index (χ4n) is 3.13. The van der Waals surface area contributed by atoms with Crippen molar-refractivity contribution < 1.29 is 9.53 Å². The van der Waals surface area contributed by atoms with Crippen molar-refractivity contribution in [2.75, 3.05) is 11.9 Å². The van der Waals surface area contributed by atoms with E-state index in [9.17, 15) is 4.79 Å². The lowest BCUT2D eigenvalue weighted by Gasteiger charge is -2.09. The Hall–Kier alpha value is -2.18. The first kappa shape index (κ1) is 18.2. The summed E-state index contributed by atoms with van der Waals surface area (Å²) in [5, 5.41) is 3.53. The number of nitrogens with one attached hydrogen (secondary N) is 1. The summed E-state index contributed by atoms with van der Waals surface area (Å²) in [6, 6.07) is 16.0. The molecule has 3 aromatic rings. The summed E-state index contributed by atoms with van der Waals surface area (Å²) >= 11 is 5.11. The van der Waals surface area contributed by atoms with Crippen molar-refractivity contribution in [1.29, 1.82) is 0 Å². The van der Waals surface area contributed by atoms with Crippen LogP contribution < -0.4 is 10.1 Å². The third-order valence-corrected chi connectivity index (χ3v) is 6.18. The number of aryl methyl sites for hydroxylation is 2. The minimum absolute atomic E-state index is 0.0481. The normalized spacial score (nSPS) is 13.1. The van der Waals surface area contributed by atoms with E-state index in [0.717, 1.165) is 34.1 Å². The maximum atomic E-state index is 12.2. The van der Waals surface area contributed by atoms with E-state index < -0.39 is 0 Å². The zero-order valence-corrected chi connectivity index (χ0v) is 17.1. The summed E-state index contributed by atoms with van der Waals surface area (Å²) in [4.78, 5) is 18.0. The Morgan fingerprint density at radius 3 is 2.70 bits per heavy atom. The van der Waals surface area contributed by atoms with E-state index >= 15 is 0 Å². The number of carbonyl (C=O) groups is 1. The highest BCUT2D eigenvalue weighted by Crippen LogP contribution is 2.31. The van der Waals surface area contributed by atoms with Gasteiger partial charge < -0.3 is 4.74 Å². The zero-order valence-electron chi connectivity index (χ0n) is 14.7. The van der Waals surface area contributed by atoms with Crippen molar-refractivity contribution in [3.63, 3.8) is 0 Å². The van der Waals surface area contributed by atoms with E-state index in [1.807, 2.05) is 36.4 Å². The summed E-state index contributed by atoms with van der Waals surface area (Å²) in [5.74, 6) is 0.448. The molecule has 0 radical (unpaired) electrons. The first-order valence-corrected chi connectivity index (χ1v) is 10.6. The topological polar surface area (TPSA) is 51.2 Å².